The summed E-state index contributed by atoms with van der Waals surface area (Å²) >= 11 is 0. The molecule has 0 unspecified atom stereocenters. The number of furan rings is 3. The Hall–Kier alpha value is -18.5. The zero-order valence-electron chi connectivity index (χ0n) is 81.6. The van der Waals surface area contributed by atoms with E-state index >= 15 is 0 Å². The van der Waals surface area contributed by atoms with Crippen LogP contribution in [0.15, 0.2) is 547 Å². The van der Waals surface area contributed by atoms with Crippen LogP contribution in [0.4, 0.5) is 0 Å². The maximum absolute atomic E-state index is 8.93. The summed E-state index contributed by atoms with van der Waals surface area (Å²) in [5.74, 6) is 0. The van der Waals surface area contributed by atoms with Gasteiger partial charge in [0.15, 0.2) is 0 Å². The zero-order valence-corrected chi connectivity index (χ0v) is 76.6. The van der Waals surface area contributed by atoms with Gasteiger partial charge in [-0.3, -0.25) is 0 Å². The molecule has 141 heavy (non-hydrogen) atoms. The highest BCUT2D eigenvalue weighted by molar-refractivity contribution is 6.27. The molecule has 0 N–H and O–H groups in total. The molecule has 28 aromatic rings. The van der Waals surface area contributed by atoms with Crippen molar-refractivity contribution in [3.05, 3.63) is 534 Å². The van der Waals surface area contributed by atoms with Gasteiger partial charge in [0.05, 0.1) is 6.85 Å². The molecule has 0 aliphatic carbocycles. The van der Waals surface area contributed by atoms with E-state index in [4.69, 9.17) is 20.1 Å². The number of hydrogen-bond donors (Lipinski definition) is 0. The van der Waals surface area contributed by atoms with Gasteiger partial charge in [-0.1, -0.05) is 473 Å². The first kappa shape index (κ1) is 77.7. The average Bonchev–Trinajstić information content (AvgIpc) is 0.775. The van der Waals surface area contributed by atoms with E-state index in [1.54, 1.807) is 0 Å². The van der Waals surface area contributed by atoms with E-state index in [2.05, 4.69) is 443 Å². The molecule has 3 aromatic heterocycles. The molecule has 28 rings (SSSR count). The van der Waals surface area contributed by atoms with E-state index in [-0.39, 0.29) is 29.7 Å². The summed E-state index contributed by atoms with van der Waals surface area (Å²) in [4.78, 5) is 0. The van der Waals surface area contributed by atoms with Crippen LogP contribution in [0.25, 0.3) is 275 Å². The Kier molecular flexibility index (Phi) is 19.6. The molecule has 0 fully saturated rings. The number of benzene rings is 25. The number of rotatable bonds is 13. The van der Waals surface area contributed by atoms with Crippen molar-refractivity contribution in [1.82, 2.24) is 0 Å². The molecule has 3 heterocycles. The Balaban J connectivity index is 0.000000112. The van der Waals surface area contributed by atoms with Crippen molar-refractivity contribution in [2.45, 2.75) is 0 Å². The molecular weight excluding hydrogens is 1710 g/mol. The van der Waals surface area contributed by atoms with Crippen molar-refractivity contribution in [2.75, 3.05) is 0 Å². The first-order valence-electron chi connectivity index (χ1n) is 50.5. The molecule has 25 aromatic carbocycles. The summed E-state index contributed by atoms with van der Waals surface area (Å²) in [6.07, 6.45) is 0. The van der Waals surface area contributed by atoms with E-state index in [1.807, 2.05) is 60.7 Å². The number of fused-ring (bicyclic) bond motifs is 15. The fourth-order valence-corrected chi connectivity index (χ4v) is 21.8. The quantitative estimate of drug-likeness (QED) is 0.108. The number of hydrogen-bond acceptors (Lipinski definition) is 3. The Labute approximate surface area is 823 Å². The fourth-order valence-electron chi connectivity index (χ4n) is 21.8. The summed E-state index contributed by atoms with van der Waals surface area (Å²) in [6, 6.07) is 176. The van der Waals surface area contributed by atoms with Gasteiger partial charge in [0.1, 0.15) is 33.5 Å². The van der Waals surface area contributed by atoms with Gasteiger partial charge in [0.2, 0.25) is 0 Å². The minimum Gasteiger partial charge on any atom is -0.455 e. The van der Waals surface area contributed by atoms with Gasteiger partial charge in [-0.15, -0.1) is 0 Å². The molecule has 0 aliphatic heterocycles. The largest absolute Gasteiger partial charge is 0.455 e. The lowest BCUT2D eigenvalue weighted by atomic mass is 9.85. The maximum Gasteiger partial charge on any atom is 0.143 e. The minimum atomic E-state index is -0.406. The highest BCUT2D eigenvalue weighted by Gasteiger charge is 2.27. The van der Waals surface area contributed by atoms with Crippen LogP contribution in [-0.2, 0) is 0 Å². The summed E-state index contributed by atoms with van der Waals surface area (Å²) in [7, 11) is 0. The summed E-state index contributed by atoms with van der Waals surface area (Å²) in [6.45, 7) is 0. The second-order valence-electron chi connectivity index (χ2n) is 36.1. The normalized spacial score (nSPS) is 12.0. The summed E-state index contributed by atoms with van der Waals surface area (Å²) in [5.41, 5.74) is 33.7. The molecule has 3 nitrogen and oxygen atoms in total. The molecule has 0 spiro atoms. The Morgan fingerprint density at radius 3 is 0.787 bits per heavy atom. The first-order valence-corrected chi connectivity index (χ1v) is 48.0. The molecule has 0 saturated heterocycles. The van der Waals surface area contributed by atoms with E-state index in [0.29, 0.717) is 5.56 Å². The average molecular weight is 1800 g/mol. The van der Waals surface area contributed by atoms with Gasteiger partial charge in [0.25, 0.3) is 0 Å². The van der Waals surface area contributed by atoms with E-state index in [1.165, 1.54) is 115 Å². The predicted octanol–water partition coefficient (Wildman–Crippen LogP) is 39.3. The highest BCUT2D eigenvalue weighted by Crippen LogP contribution is 2.53. The predicted molar refractivity (Wildman–Crippen MR) is 597 cm³/mol. The smallest absolute Gasteiger partial charge is 0.143 e. The third-order valence-corrected chi connectivity index (χ3v) is 28.1. The molecule has 0 radical (unpaired) electrons. The van der Waals surface area contributed by atoms with Crippen molar-refractivity contribution in [3.8, 4) is 145 Å². The minimum absolute atomic E-state index is 0.197. The monoisotopic (exact) mass is 1800 g/mol. The third-order valence-electron chi connectivity index (χ3n) is 28.1. The summed E-state index contributed by atoms with van der Waals surface area (Å²) in [5, 5.41) is 20.0. The lowest BCUT2D eigenvalue weighted by molar-refractivity contribution is 0.669. The standard InChI is InChI=1S/C50H32O.2C44H28O/c1-4-14-33(15-5-1)34-24-26-36(27-25-34)39-29-30-40(35-16-6-2-7-17-35)50-49(39)45-32-38(28-31-46(45)51-50)48-43-22-12-10-20-41(43)47(37-18-8-3-9-19-37)42-21-11-13-23-44(42)48;1-4-14-29(15-5-1)33-25-26-38-39-28-32(24-27-40(39)45-44(38)43(33)31-18-8-3-9-19-31)42-36-22-12-10-20-34(36)41(30-16-6-2-7-17-30)35-21-11-13-23-37(35)42;1-4-14-29(15-5-1)33-27-38(30-16-6-2-7-17-30)44-40(28-33)39-26-32(24-25-41(39)45-44)43-36-22-12-10-20-34(36)42(31-18-8-3-9-19-31)35-21-11-13-23-37(35)43/h1-32H;2*1-28H/i3D,8D,9D,18D,19D;;. The molecule has 658 valence electrons. The van der Waals surface area contributed by atoms with Crippen LogP contribution >= 0.6 is 0 Å². The van der Waals surface area contributed by atoms with Crippen molar-refractivity contribution < 1.29 is 20.1 Å². The first-order chi connectivity index (χ1) is 72.1. The highest BCUT2D eigenvalue weighted by atomic mass is 16.3. The Morgan fingerprint density at radius 2 is 0.383 bits per heavy atom. The van der Waals surface area contributed by atoms with Gasteiger partial charge in [-0.25, -0.2) is 0 Å². The van der Waals surface area contributed by atoms with Crippen LogP contribution < -0.4 is 0 Å². The fraction of sp³-hybridized carbons (Fsp3) is 0. The van der Waals surface area contributed by atoms with Crippen LogP contribution in [-0.4, -0.2) is 0 Å². The zero-order chi connectivity index (χ0) is 97.6. The van der Waals surface area contributed by atoms with Crippen molar-refractivity contribution in [2.24, 2.45) is 0 Å². The van der Waals surface area contributed by atoms with Crippen molar-refractivity contribution >= 4 is 130 Å². The molecule has 0 saturated carbocycles. The van der Waals surface area contributed by atoms with Crippen molar-refractivity contribution in [1.29, 1.82) is 0 Å². The van der Waals surface area contributed by atoms with E-state index < -0.39 is 6.04 Å². The van der Waals surface area contributed by atoms with E-state index in [9.17, 15) is 0 Å². The van der Waals surface area contributed by atoms with Gasteiger partial charge < -0.3 is 13.3 Å². The van der Waals surface area contributed by atoms with Crippen LogP contribution in [0.3, 0.4) is 0 Å². The maximum atomic E-state index is 8.93. The second kappa shape index (κ2) is 35.6. The van der Waals surface area contributed by atoms with Crippen molar-refractivity contribution in [3.63, 3.8) is 0 Å². The van der Waals surface area contributed by atoms with E-state index in [0.717, 1.165) is 149 Å². The van der Waals surface area contributed by atoms with Gasteiger partial charge in [-0.2, -0.15) is 0 Å². The lowest BCUT2D eigenvalue weighted by Crippen LogP contribution is -1.90. The van der Waals surface area contributed by atoms with Gasteiger partial charge in [-0.05, 0) is 253 Å². The molecular formula is C138H88O3. The molecule has 0 atom stereocenters. The van der Waals surface area contributed by atoms with Crippen LogP contribution in [0.2, 0.25) is 0 Å². The lowest BCUT2D eigenvalue weighted by Gasteiger charge is -2.17. The van der Waals surface area contributed by atoms with Crippen LogP contribution in [0.1, 0.15) is 6.85 Å². The Bertz CT molecular complexity index is 9800. The SMILES string of the molecule is [2H]c1c([2H])c([2H])c(-c2c3ccccc3c(-c3ccc4oc5c(-c6ccccc6)ccc(-c6ccc(-c7ccccc7)cc6)c5c4c3)c3ccccc23)c([2H])c1[2H].c1ccc(-c2cc(-c3ccccc3)c3oc4ccc(-c5c6ccccc6c(-c6ccccc6)c6ccccc56)cc4c3c2)cc1.c1ccc(-c2ccc3c(oc4ccc(-c5c6ccccc6c(-c6ccccc6)c6ccccc56)cc43)c2-c2ccccc2)cc1. The molecule has 3 heteroatoms. The molecule has 0 amide bonds. The molecule has 0 aliphatic rings. The van der Waals surface area contributed by atoms with Crippen LogP contribution in [0.5, 0.6) is 0 Å². The topological polar surface area (TPSA) is 39.4 Å². The second-order valence-corrected chi connectivity index (χ2v) is 36.1. The Morgan fingerprint density at radius 1 is 0.128 bits per heavy atom. The van der Waals surface area contributed by atoms with Gasteiger partial charge in [0, 0.05) is 49.0 Å². The van der Waals surface area contributed by atoms with Crippen LogP contribution in [0, 0.1) is 0 Å². The molecule has 0 bridgehead atoms. The summed E-state index contributed by atoms with van der Waals surface area (Å²) < 4.78 is 63.3. The van der Waals surface area contributed by atoms with Gasteiger partial charge >= 0.3 is 0 Å². The third kappa shape index (κ3) is 14.8.